The molecule has 2 aromatic rings. The molecule has 170 valence electrons. The lowest BCUT2D eigenvalue weighted by atomic mass is 10.0. The van der Waals surface area contributed by atoms with Gasteiger partial charge in [-0.1, -0.05) is 26.0 Å². The number of rotatable bonds is 8. The maximum absolute atomic E-state index is 12.8. The molecule has 1 aliphatic rings. The van der Waals surface area contributed by atoms with Crippen molar-refractivity contribution in [3.05, 3.63) is 53.6 Å². The van der Waals surface area contributed by atoms with E-state index >= 15 is 0 Å². The van der Waals surface area contributed by atoms with Gasteiger partial charge < -0.3 is 10.0 Å². The number of nitrogens with one attached hydrogen (secondary N) is 1. The molecule has 3 rings (SSSR count). The zero-order valence-corrected chi connectivity index (χ0v) is 19.1. The van der Waals surface area contributed by atoms with Crippen molar-refractivity contribution in [2.45, 2.75) is 31.1 Å². The summed E-state index contributed by atoms with van der Waals surface area (Å²) in [6.07, 6.45) is 0.468. The van der Waals surface area contributed by atoms with E-state index in [0.717, 1.165) is 18.7 Å². The number of carbonyl (C=O) groups is 1. The molecule has 0 aromatic heterocycles. The quantitative estimate of drug-likeness (QED) is 0.626. The number of anilines is 2. The predicted molar refractivity (Wildman–Crippen MR) is 124 cm³/mol. The first-order chi connectivity index (χ1) is 15.2. The van der Waals surface area contributed by atoms with Gasteiger partial charge in [0.05, 0.1) is 22.2 Å². The fourth-order valence-electron chi connectivity index (χ4n) is 3.71. The first-order valence-electron chi connectivity index (χ1n) is 10.6. The number of nitriles is 1. The van der Waals surface area contributed by atoms with Crippen LogP contribution >= 0.6 is 0 Å². The number of benzene rings is 2. The molecule has 0 amide bonds. The molecule has 2 aromatic carbocycles. The minimum Gasteiger partial charge on any atom is -0.478 e. The van der Waals surface area contributed by atoms with E-state index in [9.17, 15) is 18.3 Å². The summed E-state index contributed by atoms with van der Waals surface area (Å²) in [7, 11) is -3.84. The van der Waals surface area contributed by atoms with E-state index in [-0.39, 0.29) is 16.1 Å². The molecule has 0 radical (unpaired) electrons. The molecule has 9 heteroatoms. The SMILES string of the molecule is CC(C)c1ccc(S(=O)(=O)Nc2ccc(N3CCN(CCC#N)CC3)c(C(=O)O)c2)cc1. The highest BCUT2D eigenvalue weighted by atomic mass is 32.2. The van der Waals surface area contributed by atoms with Crippen molar-refractivity contribution >= 4 is 27.4 Å². The van der Waals surface area contributed by atoms with Crippen molar-refractivity contribution in [2.75, 3.05) is 42.3 Å². The lowest BCUT2D eigenvalue weighted by Gasteiger charge is -2.36. The summed E-state index contributed by atoms with van der Waals surface area (Å²) >= 11 is 0. The van der Waals surface area contributed by atoms with Crippen molar-refractivity contribution in [2.24, 2.45) is 0 Å². The molecule has 0 atom stereocenters. The van der Waals surface area contributed by atoms with Crippen molar-refractivity contribution < 1.29 is 18.3 Å². The monoisotopic (exact) mass is 456 g/mol. The number of hydrogen-bond donors (Lipinski definition) is 2. The summed E-state index contributed by atoms with van der Waals surface area (Å²) in [5, 5.41) is 18.5. The van der Waals surface area contributed by atoms with E-state index in [1.165, 1.54) is 6.07 Å². The molecule has 1 fully saturated rings. The van der Waals surface area contributed by atoms with Crippen LogP contribution in [0.5, 0.6) is 0 Å². The van der Waals surface area contributed by atoms with E-state index in [0.29, 0.717) is 37.7 Å². The number of sulfonamides is 1. The Labute approximate surface area is 189 Å². The lowest BCUT2D eigenvalue weighted by molar-refractivity contribution is 0.0697. The number of piperazine rings is 1. The smallest absolute Gasteiger partial charge is 0.337 e. The van der Waals surface area contributed by atoms with Crippen LogP contribution in [-0.2, 0) is 10.0 Å². The number of carboxylic acids is 1. The second kappa shape index (κ2) is 10.0. The van der Waals surface area contributed by atoms with Crippen LogP contribution in [0.4, 0.5) is 11.4 Å². The average Bonchev–Trinajstić information content (AvgIpc) is 2.78. The molecule has 0 spiro atoms. The first-order valence-corrected chi connectivity index (χ1v) is 12.0. The largest absolute Gasteiger partial charge is 0.478 e. The summed E-state index contributed by atoms with van der Waals surface area (Å²) in [6, 6.07) is 13.4. The van der Waals surface area contributed by atoms with Crippen LogP contribution in [0.25, 0.3) is 0 Å². The number of carboxylic acid groups (broad SMARTS) is 1. The number of nitrogens with zero attached hydrogens (tertiary/aromatic N) is 3. The maximum atomic E-state index is 12.8. The molecule has 1 aliphatic heterocycles. The van der Waals surface area contributed by atoms with Crippen LogP contribution in [0.2, 0.25) is 0 Å². The van der Waals surface area contributed by atoms with Crippen molar-refractivity contribution in [1.82, 2.24) is 4.90 Å². The summed E-state index contributed by atoms with van der Waals surface area (Å²) in [6.45, 7) is 7.52. The van der Waals surface area contributed by atoms with Crippen molar-refractivity contribution in [3.8, 4) is 6.07 Å². The van der Waals surface area contributed by atoms with Crippen LogP contribution in [0.15, 0.2) is 47.4 Å². The highest BCUT2D eigenvalue weighted by Crippen LogP contribution is 2.27. The Morgan fingerprint density at radius 3 is 2.34 bits per heavy atom. The number of hydrogen-bond acceptors (Lipinski definition) is 6. The van der Waals surface area contributed by atoms with Gasteiger partial charge in [0, 0.05) is 44.8 Å². The van der Waals surface area contributed by atoms with E-state index in [4.69, 9.17) is 5.26 Å². The average molecular weight is 457 g/mol. The van der Waals surface area contributed by atoms with Crippen molar-refractivity contribution in [1.29, 1.82) is 5.26 Å². The summed E-state index contributed by atoms with van der Waals surface area (Å²) < 4.78 is 28.0. The molecule has 0 unspecified atom stereocenters. The molecule has 2 N–H and O–H groups in total. The Kier molecular flexibility index (Phi) is 7.38. The minimum absolute atomic E-state index is 0.0471. The second-order valence-corrected chi connectivity index (χ2v) is 9.79. The molecule has 0 saturated carbocycles. The van der Waals surface area contributed by atoms with Crippen molar-refractivity contribution in [3.63, 3.8) is 0 Å². The van der Waals surface area contributed by atoms with E-state index < -0.39 is 16.0 Å². The van der Waals surface area contributed by atoms with E-state index in [1.807, 2.05) is 18.7 Å². The third-order valence-electron chi connectivity index (χ3n) is 5.59. The highest BCUT2D eigenvalue weighted by Gasteiger charge is 2.23. The second-order valence-electron chi connectivity index (χ2n) is 8.10. The topological polar surface area (TPSA) is 114 Å². The fraction of sp³-hybridized carbons (Fsp3) is 0.391. The maximum Gasteiger partial charge on any atom is 0.337 e. The molecule has 32 heavy (non-hydrogen) atoms. The Bertz CT molecular complexity index is 1100. The van der Waals surface area contributed by atoms with Gasteiger partial charge in [-0.15, -0.1) is 0 Å². The van der Waals surface area contributed by atoms with Crippen LogP contribution in [0, 0.1) is 11.3 Å². The van der Waals surface area contributed by atoms with Gasteiger partial charge in [-0.25, -0.2) is 13.2 Å². The Morgan fingerprint density at radius 1 is 1.12 bits per heavy atom. The zero-order valence-electron chi connectivity index (χ0n) is 18.3. The highest BCUT2D eigenvalue weighted by molar-refractivity contribution is 7.92. The van der Waals surface area contributed by atoms with E-state index in [1.54, 1.807) is 36.4 Å². The van der Waals surface area contributed by atoms with Crippen LogP contribution in [0.1, 0.15) is 42.1 Å². The molecule has 0 bridgehead atoms. The summed E-state index contributed by atoms with van der Waals surface area (Å²) in [5.41, 5.74) is 1.84. The molecular formula is C23H28N4O4S. The van der Waals surface area contributed by atoms with E-state index in [2.05, 4.69) is 15.7 Å². The van der Waals surface area contributed by atoms with Gasteiger partial charge in [0.15, 0.2) is 0 Å². The van der Waals surface area contributed by atoms with Gasteiger partial charge in [0.25, 0.3) is 10.0 Å². The summed E-state index contributed by atoms with van der Waals surface area (Å²) in [4.78, 5) is 16.2. The van der Waals surface area contributed by atoms with Gasteiger partial charge in [-0.2, -0.15) is 5.26 Å². The van der Waals surface area contributed by atoms with Gasteiger partial charge in [0.1, 0.15) is 0 Å². The van der Waals surface area contributed by atoms with Gasteiger partial charge in [-0.05, 0) is 41.8 Å². The van der Waals surface area contributed by atoms with Gasteiger partial charge in [0.2, 0.25) is 0 Å². The third-order valence-corrected chi connectivity index (χ3v) is 6.99. The normalized spacial score (nSPS) is 14.9. The standard InChI is InChI=1S/C23H28N4O4S/c1-17(2)18-4-7-20(8-5-18)32(30,31)25-19-6-9-22(21(16-19)23(28)29)27-14-12-26(13-15-27)11-3-10-24/h4-9,16-17,25H,3,11-15H2,1-2H3,(H,28,29). The summed E-state index contributed by atoms with van der Waals surface area (Å²) in [5.74, 6) is -0.826. The first kappa shape index (κ1) is 23.6. The zero-order chi connectivity index (χ0) is 23.3. The van der Waals surface area contributed by atoms with Gasteiger partial charge in [-0.3, -0.25) is 9.62 Å². The van der Waals surface area contributed by atoms with Crippen LogP contribution in [-0.4, -0.2) is 57.1 Å². The number of aromatic carboxylic acids is 1. The van der Waals surface area contributed by atoms with Crippen LogP contribution < -0.4 is 9.62 Å². The van der Waals surface area contributed by atoms with Crippen LogP contribution in [0.3, 0.4) is 0 Å². The Morgan fingerprint density at radius 2 is 1.78 bits per heavy atom. The lowest BCUT2D eigenvalue weighted by Crippen LogP contribution is -2.47. The minimum atomic E-state index is -3.84. The Hall–Kier alpha value is -3.09. The van der Waals surface area contributed by atoms with Gasteiger partial charge >= 0.3 is 5.97 Å². The predicted octanol–water partition coefficient (Wildman–Crippen LogP) is 3.34. The third kappa shape index (κ3) is 5.58. The molecule has 8 nitrogen and oxygen atoms in total. The molecular weight excluding hydrogens is 428 g/mol. The Balaban J connectivity index is 1.77. The fourth-order valence-corrected chi connectivity index (χ4v) is 4.76. The molecule has 1 heterocycles. The molecule has 0 aliphatic carbocycles. The molecule has 1 saturated heterocycles.